The lowest BCUT2D eigenvalue weighted by atomic mass is 10.1. The van der Waals surface area contributed by atoms with Gasteiger partial charge in [-0.25, -0.2) is 0 Å². The number of nitrogen functional groups attached to an aromatic ring is 1. The monoisotopic (exact) mass is 204 g/mol. The Bertz CT molecular complexity index is 373. The molecule has 3 nitrogen and oxygen atoms in total. The molecule has 1 aromatic rings. The molecular formula is C8H7F3N2O. The van der Waals surface area contributed by atoms with E-state index in [9.17, 15) is 13.2 Å². The van der Waals surface area contributed by atoms with Gasteiger partial charge in [-0.15, -0.1) is 0 Å². The second-order valence-corrected chi connectivity index (χ2v) is 2.64. The zero-order valence-corrected chi connectivity index (χ0v) is 6.89. The van der Waals surface area contributed by atoms with Crippen LogP contribution < -0.4 is 5.73 Å². The quantitative estimate of drug-likeness (QED) is 0.481. The number of benzene rings is 1. The molecule has 1 rings (SSSR count). The van der Waals surface area contributed by atoms with Gasteiger partial charge in [-0.3, -0.25) is 5.41 Å². The molecule has 0 bridgehead atoms. The van der Waals surface area contributed by atoms with Crippen molar-refractivity contribution in [1.29, 1.82) is 5.41 Å². The van der Waals surface area contributed by atoms with Crippen LogP contribution in [0, 0.1) is 5.41 Å². The molecule has 0 heterocycles. The smallest absolute Gasteiger partial charge is 0.416 e. The first-order valence-corrected chi connectivity index (χ1v) is 3.57. The first-order valence-electron chi connectivity index (χ1n) is 3.57. The van der Waals surface area contributed by atoms with Gasteiger partial charge in [0.25, 0.3) is 0 Å². The molecule has 4 N–H and O–H groups in total. The number of nitrogens with one attached hydrogen (secondary N) is 1. The highest BCUT2D eigenvalue weighted by atomic mass is 19.4. The van der Waals surface area contributed by atoms with Crippen LogP contribution in [-0.4, -0.2) is 10.9 Å². The minimum atomic E-state index is -4.51. The van der Waals surface area contributed by atoms with E-state index in [0.29, 0.717) is 6.07 Å². The minimum absolute atomic E-state index is 0.113. The Balaban J connectivity index is 3.20. The van der Waals surface area contributed by atoms with Gasteiger partial charge in [0.2, 0.25) is 0 Å². The summed E-state index contributed by atoms with van der Waals surface area (Å²) in [6.45, 7) is 0. The van der Waals surface area contributed by atoms with Crippen molar-refractivity contribution in [2.45, 2.75) is 6.18 Å². The topological polar surface area (TPSA) is 70.1 Å². The van der Waals surface area contributed by atoms with Crippen LogP contribution in [0.15, 0.2) is 18.2 Å². The van der Waals surface area contributed by atoms with Gasteiger partial charge in [-0.05, 0) is 18.2 Å². The second-order valence-electron chi connectivity index (χ2n) is 2.64. The fourth-order valence-electron chi connectivity index (χ4n) is 0.936. The molecule has 0 aromatic heterocycles. The molecule has 0 fully saturated rings. The van der Waals surface area contributed by atoms with Crippen molar-refractivity contribution in [3.8, 4) is 5.75 Å². The van der Waals surface area contributed by atoms with Crippen molar-refractivity contribution in [2.75, 3.05) is 0 Å². The van der Waals surface area contributed by atoms with E-state index in [1.165, 1.54) is 0 Å². The summed E-state index contributed by atoms with van der Waals surface area (Å²) in [5, 5.41) is 16.0. The Labute approximate surface area is 77.5 Å². The molecule has 0 aliphatic rings. The van der Waals surface area contributed by atoms with E-state index in [1.54, 1.807) is 0 Å². The van der Waals surface area contributed by atoms with E-state index in [4.69, 9.17) is 16.2 Å². The highest BCUT2D eigenvalue weighted by molar-refractivity contribution is 5.97. The van der Waals surface area contributed by atoms with Crippen LogP contribution in [0.5, 0.6) is 5.75 Å². The molecule has 0 aliphatic carbocycles. The summed E-state index contributed by atoms with van der Waals surface area (Å²) in [6.07, 6.45) is -4.51. The van der Waals surface area contributed by atoms with Gasteiger partial charge in [0, 0.05) is 0 Å². The van der Waals surface area contributed by atoms with Gasteiger partial charge in [0.15, 0.2) is 0 Å². The predicted octanol–water partition coefficient (Wildman–Crippen LogP) is 1.70. The highest BCUT2D eigenvalue weighted by Crippen LogP contribution is 2.32. The molecule has 76 valence electrons. The average molecular weight is 204 g/mol. The van der Waals surface area contributed by atoms with E-state index in [-0.39, 0.29) is 5.56 Å². The third-order valence-electron chi connectivity index (χ3n) is 1.62. The Kier molecular flexibility index (Phi) is 2.37. The molecule has 1 aromatic carbocycles. The number of alkyl halides is 3. The van der Waals surface area contributed by atoms with Crippen LogP contribution in [-0.2, 0) is 6.18 Å². The number of aromatic hydroxyl groups is 1. The second kappa shape index (κ2) is 3.21. The van der Waals surface area contributed by atoms with Crippen LogP contribution >= 0.6 is 0 Å². The lowest BCUT2D eigenvalue weighted by Gasteiger charge is -2.08. The Morgan fingerprint density at radius 2 is 1.93 bits per heavy atom. The van der Waals surface area contributed by atoms with Crippen molar-refractivity contribution < 1.29 is 18.3 Å². The highest BCUT2D eigenvalue weighted by Gasteiger charge is 2.31. The van der Waals surface area contributed by atoms with E-state index in [1.807, 2.05) is 0 Å². The fourth-order valence-corrected chi connectivity index (χ4v) is 0.936. The maximum absolute atomic E-state index is 12.1. The predicted molar refractivity (Wildman–Crippen MR) is 44.1 cm³/mol. The number of halogens is 3. The van der Waals surface area contributed by atoms with Crippen LogP contribution in [0.2, 0.25) is 0 Å². The third kappa shape index (κ3) is 1.95. The first kappa shape index (κ1) is 10.4. The summed E-state index contributed by atoms with van der Waals surface area (Å²) in [6, 6.07) is 2.26. The normalized spacial score (nSPS) is 11.4. The molecule has 0 aliphatic heterocycles. The minimum Gasteiger partial charge on any atom is -0.507 e. The Hall–Kier alpha value is -1.72. The Morgan fingerprint density at radius 1 is 1.36 bits per heavy atom. The summed E-state index contributed by atoms with van der Waals surface area (Å²) in [7, 11) is 0. The van der Waals surface area contributed by atoms with E-state index >= 15 is 0 Å². The SMILES string of the molecule is N=C(N)c1ccc(C(F)(F)F)cc1O. The Morgan fingerprint density at radius 3 is 2.29 bits per heavy atom. The summed E-state index contributed by atoms with van der Waals surface area (Å²) in [4.78, 5) is 0. The number of nitrogens with two attached hydrogens (primary N) is 1. The number of phenolic OH excluding ortho intramolecular Hbond substituents is 1. The van der Waals surface area contributed by atoms with Gasteiger partial charge in [0.05, 0.1) is 11.1 Å². The van der Waals surface area contributed by atoms with E-state index < -0.39 is 23.3 Å². The molecule has 6 heteroatoms. The van der Waals surface area contributed by atoms with Crippen LogP contribution in [0.25, 0.3) is 0 Å². The van der Waals surface area contributed by atoms with Gasteiger partial charge in [-0.2, -0.15) is 13.2 Å². The van der Waals surface area contributed by atoms with Gasteiger partial charge in [0.1, 0.15) is 11.6 Å². The molecular weight excluding hydrogens is 197 g/mol. The van der Waals surface area contributed by atoms with Crippen molar-refractivity contribution >= 4 is 5.84 Å². The van der Waals surface area contributed by atoms with Gasteiger partial charge >= 0.3 is 6.18 Å². The molecule has 0 saturated heterocycles. The lowest BCUT2D eigenvalue weighted by molar-refractivity contribution is -0.137. The lowest BCUT2D eigenvalue weighted by Crippen LogP contribution is -2.12. The number of hydrogen-bond acceptors (Lipinski definition) is 2. The largest absolute Gasteiger partial charge is 0.507 e. The zero-order chi connectivity index (χ0) is 10.9. The molecule has 0 amide bonds. The van der Waals surface area contributed by atoms with Crippen LogP contribution in [0.3, 0.4) is 0 Å². The summed E-state index contributed by atoms with van der Waals surface area (Å²) < 4.78 is 36.3. The zero-order valence-electron chi connectivity index (χ0n) is 6.89. The number of hydrogen-bond donors (Lipinski definition) is 3. The summed E-state index contributed by atoms with van der Waals surface area (Å²) in [5.41, 5.74) is 3.93. The number of rotatable bonds is 1. The van der Waals surface area contributed by atoms with Crippen molar-refractivity contribution in [2.24, 2.45) is 5.73 Å². The standard InChI is InChI=1S/C8H7F3N2O/c9-8(10,11)4-1-2-5(7(12)13)6(14)3-4/h1-3,14H,(H3,12,13). The van der Waals surface area contributed by atoms with Crippen molar-refractivity contribution in [3.05, 3.63) is 29.3 Å². The fraction of sp³-hybridized carbons (Fsp3) is 0.125. The maximum Gasteiger partial charge on any atom is 0.416 e. The third-order valence-corrected chi connectivity index (χ3v) is 1.62. The molecule has 0 saturated carbocycles. The maximum atomic E-state index is 12.1. The molecule has 0 atom stereocenters. The molecule has 0 radical (unpaired) electrons. The van der Waals surface area contributed by atoms with Crippen LogP contribution in [0.1, 0.15) is 11.1 Å². The van der Waals surface area contributed by atoms with Gasteiger partial charge in [-0.1, -0.05) is 0 Å². The molecule has 0 spiro atoms. The summed E-state index contributed by atoms with van der Waals surface area (Å²) >= 11 is 0. The van der Waals surface area contributed by atoms with Gasteiger partial charge < -0.3 is 10.8 Å². The summed E-state index contributed by atoms with van der Waals surface area (Å²) in [5.74, 6) is -1.12. The van der Waals surface area contributed by atoms with Crippen molar-refractivity contribution in [3.63, 3.8) is 0 Å². The van der Waals surface area contributed by atoms with E-state index in [2.05, 4.69) is 0 Å². The number of amidine groups is 1. The van der Waals surface area contributed by atoms with E-state index in [0.717, 1.165) is 12.1 Å². The van der Waals surface area contributed by atoms with Crippen molar-refractivity contribution in [1.82, 2.24) is 0 Å². The number of phenols is 1. The van der Waals surface area contributed by atoms with Crippen LogP contribution in [0.4, 0.5) is 13.2 Å². The first-order chi connectivity index (χ1) is 6.32. The average Bonchev–Trinajstić information content (AvgIpc) is 2.01. The molecule has 0 unspecified atom stereocenters. The molecule has 14 heavy (non-hydrogen) atoms.